The molecule has 0 aromatic rings. The van der Waals surface area contributed by atoms with Crippen LogP contribution in [0.4, 0.5) is 4.79 Å². The monoisotopic (exact) mass is 170 g/mol. The zero-order valence-electron chi connectivity index (χ0n) is 8.37. The Kier molecular flexibility index (Phi) is 2.60. The molecule has 0 radical (unpaired) electrons. The smallest absolute Gasteiger partial charge is 0.320 e. The summed E-state index contributed by atoms with van der Waals surface area (Å²) in [4.78, 5) is 15.4. The highest BCUT2D eigenvalue weighted by molar-refractivity contribution is 5.75. The van der Waals surface area contributed by atoms with Gasteiger partial charge in [0.2, 0.25) is 0 Å². The Bertz CT molecular complexity index is 179. The van der Waals surface area contributed by atoms with Gasteiger partial charge in [0.15, 0.2) is 0 Å². The fourth-order valence-electron chi connectivity index (χ4n) is 1.73. The van der Waals surface area contributed by atoms with Crippen molar-refractivity contribution in [1.29, 1.82) is 0 Å². The van der Waals surface area contributed by atoms with E-state index < -0.39 is 0 Å². The highest BCUT2D eigenvalue weighted by Crippen LogP contribution is 2.16. The molecule has 1 heterocycles. The first-order chi connectivity index (χ1) is 5.54. The Balaban J connectivity index is 2.72. The molecule has 0 unspecified atom stereocenters. The van der Waals surface area contributed by atoms with Crippen molar-refractivity contribution in [2.24, 2.45) is 0 Å². The molecule has 70 valence electrons. The number of hydrogen-bond donors (Lipinski definition) is 0. The molecule has 0 aliphatic carbocycles. The van der Waals surface area contributed by atoms with Gasteiger partial charge in [-0.1, -0.05) is 0 Å². The SMILES string of the molecule is CC(C)N1C(=O)N(C)CC[C@@H]1C. The van der Waals surface area contributed by atoms with Crippen LogP contribution >= 0.6 is 0 Å². The molecule has 12 heavy (non-hydrogen) atoms. The minimum absolute atomic E-state index is 0.170. The largest absolute Gasteiger partial charge is 0.328 e. The van der Waals surface area contributed by atoms with Crippen molar-refractivity contribution in [2.45, 2.75) is 39.3 Å². The average molecular weight is 170 g/mol. The summed E-state index contributed by atoms with van der Waals surface area (Å²) in [6.45, 7) is 7.13. The molecule has 2 amide bonds. The second-order valence-electron chi connectivity index (χ2n) is 3.84. The predicted molar refractivity (Wildman–Crippen MR) is 49.1 cm³/mol. The van der Waals surface area contributed by atoms with Crippen molar-refractivity contribution in [3.63, 3.8) is 0 Å². The second-order valence-corrected chi connectivity index (χ2v) is 3.84. The van der Waals surface area contributed by atoms with Crippen LogP contribution in [0.1, 0.15) is 27.2 Å². The Labute approximate surface area is 74.3 Å². The normalized spacial score (nSPS) is 25.4. The zero-order valence-corrected chi connectivity index (χ0v) is 8.37. The fourth-order valence-corrected chi connectivity index (χ4v) is 1.73. The molecule has 0 saturated carbocycles. The molecule has 1 fully saturated rings. The number of hydrogen-bond acceptors (Lipinski definition) is 1. The summed E-state index contributed by atoms with van der Waals surface area (Å²) in [5.74, 6) is 0. The van der Waals surface area contributed by atoms with Crippen molar-refractivity contribution in [2.75, 3.05) is 13.6 Å². The number of carbonyl (C=O) groups is 1. The Morgan fingerprint density at radius 1 is 1.50 bits per heavy atom. The molecule has 3 nitrogen and oxygen atoms in total. The molecular weight excluding hydrogens is 152 g/mol. The van der Waals surface area contributed by atoms with E-state index in [0.29, 0.717) is 12.1 Å². The number of rotatable bonds is 1. The minimum Gasteiger partial charge on any atom is -0.328 e. The summed E-state index contributed by atoms with van der Waals surface area (Å²) < 4.78 is 0. The first-order valence-electron chi connectivity index (χ1n) is 4.57. The Hall–Kier alpha value is -0.730. The van der Waals surface area contributed by atoms with Gasteiger partial charge in [0, 0.05) is 25.7 Å². The zero-order chi connectivity index (χ0) is 9.30. The summed E-state index contributed by atoms with van der Waals surface area (Å²) in [5.41, 5.74) is 0. The van der Waals surface area contributed by atoms with E-state index in [1.807, 2.05) is 11.9 Å². The van der Waals surface area contributed by atoms with E-state index in [0.717, 1.165) is 13.0 Å². The predicted octanol–water partition coefficient (Wildman–Crippen LogP) is 1.54. The molecule has 1 aliphatic heterocycles. The van der Waals surface area contributed by atoms with Crippen molar-refractivity contribution >= 4 is 6.03 Å². The minimum atomic E-state index is 0.170. The van der Waals surface area contributed by atoms with Gasteiger partial charge in [-0.3, -0.25) is 0 Å². The summed E-state index contributed by atoms with van der Waals surface area (Å²) in [5, 5.41) is 0. The van der Waals surface area contributed by atoms with Gasteiger partial charge in [-0.05, 0) is 27.2 Å². The second kappa shape index (κ2) is 3.33. The molecule has 1 rings (SSSR count). The van der Waals surface area contributed by atoms with Gasteiger partial charge in [0.1, 0.15) is 0 Å². The first-order valence-corrected chi connectivity index (χ1v) is 4.57. The van der Waals surface area contributed by atoms with E-state index in [1.165, 1.54) is 0 Å². The first kappa shape index (κ1) is 9.36. The highest BCUT2D eigenvalue weighted by atomic mass is 16.2. The lowest BCUT2D eigenvalue weighted by Crippen LogP contribution is -2.54. The van der Waals surface area contributed by atoms with Crippen molar-refractivity contribution < 1.29 is 4.79 Å². The standard InChI is InChI=1S/C9H18N2O/c1-7(2)11-8(3)5-6-10(4)9(11)12/h7-8H,5-6H2,1-4H3/t8-/m0/s1. The van der Waals surface area contributed by atoms with Gasteiger partial charge in [-0.25, -0.2) is 4.79 Å². The van der Waals surface area contributed by atoms with Crippen molar-refractivity contribution in [3.8, 4) is 0 Å². The number of amides is 2. The summed E-state index contributed by atoms with van der Waals surface area (Å²) in [6.07, 6.45) is 1.08. The van der Waals surface area contributed by atoms with Crippen LogP contribution < -0.4 is 0 Å². The van der Waals surface area contributed by atoms with Crippen LogP contribution in [0.3, 0.4) is 0 Å². The topological polar surface area (TPSA) is 23.6 Å². The molecular formula is C9H18N2O. The van der Waals surface area contributed by atoms with E-state index in [-0.39, 0.29) is 6.03 Å². The van der Waals surface area contributed by atoms with E-state index in [2.05, 4.69) is 20.8 Å². The third kappa shape index (κ3) is 1.54. The van der Waals surface area contributed by atoms with Crippen LogP contribution in [0.15, 0.2) is 0 Å². The van der Waals surface area contributed by atoms with Crippen LogP contribution in [0.25, 0.3) is 0 Å². The lowest BCUT2D eigenvalue weighted by molar-refractivity contribution is 0.0971. The summed E-state index contributed by atoms with van der Waals surface area (Å²) in [6, 6.07) is 0.882. The van der Waals surface area contributed by atoms with Gasteiger partial charge < -0.3 is 9.80 Å². The van der Waals surface area contributed by atoms with E-state index in [9.17, 15) is 4.79 Å². The lowest BCUT2D eigenvalue weighted by Gasteiger charge is -2.40. The van der Waals surface area contributed by atoms with Gasteiger partial charge in [-0.2, -0.15) is 0 Å². The number of carbonyl (C=O) groups excluding carboxylic acids is 1. The van der Waals surface area contributed by atoms with Gasteiger partial charge in [-0.15, -0.1) is 0 Å². The molecule has 0 spiro atoms. The van der Waals surface area contributed by atoms with E-state index in [1.54, 1.807) is 4.90 Å². The molecule has 1 atom stereocenters. The quantitative estimate of drug-likeness (QED) is 0.585. The molecule has 0 aromatic heterocycles. The Morgan fingerprint density at radius 3 is 2.50 bits per heavy atom. The van der Waals surface area contributed by atoms with Gasteiger partial charge in [0.25, 0.3) is 0 Å². The average Bonchev–Trinajstić information content (AvgIpc) is 1.97. The van der Waals surface area contributed by atoms with E-state index >= 15 is 0 Å². The maximum atomic E-state index is 11.6. The van der Waals surface area contributed by atoms with Crippen molar-refractivity contribution in [1.82, 2.24) is 9.80 Å². The fraction of sp³-hybridized carbons (Fsp3) is 0.889. The third-order valence-electron chi connectivity index (χ3n) is 2.46. The molecule has 0 N–H and O–H groups in total. The van der Waals surface area contributed by atoms with E-state index in [4.69, 9.17) is 0 Å². The molecule has 0 aromatic carbocycles. The summed E-state index contributed by atoms with van der Waals surface area (Å²) >= 11 is 0. The molecule has 3 heteroatoms. The van der Waals surface area contributed by atoms with Gasteiger partial charge >= 0.3 is 6.03 Å². The maximum Gasteiger partial charge on any atom is 0.320 e. The van der Waals surface area contributed by atoms with Crippen LogP contribution in [-0.4, -0.2) is 41.5 Å². The molecule has 1 saturated heterocycles. The Morgan fingerprint density at radius 2 is 2.08 bits per heavy atom. The molecule has 1 aliphatic rings. The third-order valence-corrected chi connectivity index (χ3v) is 2.46. The van der Waals surface area contributed by atoms with Crippen molar-refractivity contribution in [3.05, 3.63) is 0 Å². The number of urea groups is 1. The highest BCUT2D eigenvalue weighted by Gasteiger charge is 2.29. The van der Waals surface area contributed by atoms with Crippen LogP contribution in [0.2, 0.25) is 0 Å². The summed E-state index contributed by atoms with van der Waals surface area (Å²) in [7, 11) is 1.86. The van der Waals surface area contributed by atoms with Crippen LogP contribution in [0.5, 0.6) is 0 Å². The lowest BCUT2D eigenvalue weighted by atomic mass is 10.1. The number of nitrogens with zero attached hydrogens (tertiary/aromatic N) is 2. The van der Waals surface area contributed by atoms with Gasteiger partial charge in [0.05, 0.1) is 0 Å². The van der Waals surface area contributed by atoms with Crippen LogP contribution in [-0.2, 0) is 0 Å². The molecule has 0 bridgehead atoms. The van der Waals surface area contributed by atoms with Crippen LogP contribution in [0, 0.1) is 0 Å². The maximum absolute atomic E-state index is 11.6.